The van der Waals surface area contributed by atoms with Crippen molar-refractivity contribution in [2.75, 3.05) is 44.9 Å². The number of hydrogen-bond donors (Lipinski definition) is 0. The molecule has 0 aliphatic carbocycles. The van der Waals surface area contributed by atoms with Crippen molar-refractivity contribution < 1.29 is 14.3 Å². The van der Waals surface area contributed by atoms with E-state index >= 15 is 0 Å². The summed E-state index contributed by atoms with van der Waals surface area (Å²) in [6.07, 6.45) is 1.87. The first-order valence-corrected chi connectivity index (χ1v) is 9.78. The standard InChI is InChI=1S/C22H23ClN2O3/c1-24(14-16-2-5-20(6-3-16)25-8-10-27-11-9-25)22(26)18-12-17-13-19(23)4-7-21(17)28-15-18/h2-7,12-13H,8-11,14-15H2,1H3. The van der Waals surface area contributed by atoms with Crippen LogP contribution in [0.15, 0.2) is 48.0 Å². The lowest BCUT2D eigenvalue weighted by Gasteiger charge is -2.29. The van der Waals surface area contributed by atoms with Crippen LogP contribution in [-0.2, 0) is 16.1 Å². The SMILES string of the molecule is CN(Cc1ccc(N2CCOCC2)cc1)C(=O)C1=Cc2cc(Cl)ccc2OC1. The summed E-state index contributed by atoms with van der Waals surface area (Å²) >= 11 is 6.05. The smallest absolute Gasteiger partial charge is 0.253 e. The van der Waals surface area contributed by atoms with E-state index in [1.165, 1.54) is 5.69 Å². The maximum absolute atomic E-state index is 12.8. The second-order valence-corrected chi connectivity index (χ2v) is 7.50. The van der Waals surface area contributed by atoms with Gasteiger partial charge in [0.05, 0.1) is 18.8 Å². The molecule has 4 rings (SSSR count). The lowest BCUT2D eigenvalue weighted by Crippen LogP contribution is -2.36. The van der Waals surface area contributed by atoms with Crippen molar-refractivity contribution in [2.45, 2.75) is 6.54 Å². The van der Waals surface area contributed by atoms with E-state index in [0.717, 1.165) is 43.2 Å². The van der Waals surface area contributed by atoms with Gasteiger partial charge in [-0.25, -0.2) is 0 Å². The fraction of sp³-hybridized carbons (Fsp3) is 0.318. The number of nitrogens with zero attached hydrogens (tertiary/aromatic N) is 2. The summed E-state index contributed by atoms with van der Waals surface area (Å²) in [5, 5.41) is 0.626. The number of anilines is 1. The number of rotatable bonds is 4. The molecule has 0 saturated carbocycles. The summed E-state index contributed by atoms with van der Waals surface area (Å²) in [4.78, 5) is 16.9. The molecule has 5 nitrogen and oxygen atoms in total. The first-order valence-electron chi connectivity index (χ1n) is 9.40. The van der Waals surface area contributed by atoms with E-state index in [4.69, 9.17) is 21.1 Å². The zero-order valence-electron chi connectivity index (χ0n) is 15.9. The van der Waals surface area contributed by atoms with Gasteiger partial charge in [0.2, 0.25) is 0 Å². The average Bonchev–Trinajstić information content (AvgIpc) is 2.73. The fourth-order valence-electron chi connectivity index (χ4n) is 3.50. The summed E-state index contributed by atoms with van der Waals surface area (Å²) in [5.74, 6) is 0.713. The van der Waals surface area contributed by atoms with Gasteiger partial charge in [0.1, 0.15) is 12.4 Å². The van der Waals surface area contributed by atoms with Gasteiger partial charge in [0, 0.05) is 43.0 Å². The Balaban J connectivity index is 1.42. The highest BCUT2D eigenvalue weighted by Crippen LogP contribution is 2.29. The molecule has 0 radical (unpaired) electrons. The predicted molar refractivity (Wildman–Crippen MR) is 111 cm³/mol. The Morgan fingerprint density at radius 1 is 1.14 bits per heavy atom. The van der Waals surface area contributed by atoms with E-state index < -0.39 is 0 Å². The van der Waals surface area contributed by atoms with Crippen molar-refractivity contribution in [3.05, 3.63) is 64.2 Å². The maximum Gasteiger partial charge on any atom is 0.253 e. The number of ether oxygens (including phenoxy) is 2. The first kappa shape index (κ1) is 18.8. The predicted octanol–water partition coefficient (Wildman–Crippen LogP) is 3.61. The van der Waals surface area contributed by atoms with Gasteiger partial charge in [-0.15, -0.1) is 0 Å². The van der Waals surface area contributed by atoms with E-state index in [1.807, 2.05) is 25.3 Å². The summed E-state index contributed by atoms with van der Waals surface area (Å²) in [6, 6.07) is 13.8. The number of amides is 1. The summed E-state index contributed by atoms with van der Waals surface area (Å²) in [5.41, 5.74) is 3.75. The van der Waals surface area contributed by atoms with Crippen LogP contribution in [0.5, 0.6) is 5.75 Å². The number of morpholine rings is 1. The molecule has 6 heteroatoms. The number of halogens is 1. The van der Waals surface area contributed by atoms with E-state index in [9.17, 15) is 4.79 Å². The zero-order chi connectivity index (χ0) is 19.5. The van der Waals surface area contributed by atoms with Gasteiger partial charge in [-0.05, 0) is 42.0 Å². The normalized spacial score (nSPS) is 16.1. The molecule has 28 heavy (non-hydrogen) atoms. The second-order valence-electron chi connectivity index (χ2n) is 7.07. The molecule has 0 N–H and O–H groups in total. The third-order valence-corrected chi connectivity index (χ3v) is 5.27. The second kappa shape index (κ2) is 8.25. The topological polar surface area (TPSA) is 42.0 Å². The van der Waals surface area contributed by atoms with Crippen molar-refractivity contribution in [1.29, 1.82) is 0 Å². The van der Waals surface area contributed by atoms with Gasteiger partial charge in [0.25, 0.3) is 5.91 Å². The van der Waals surface area contributed by atoms with Gasteiger partial charge in [-0.1, -0.05) is 23.7 Å². The minimum Gasteiger partial charge on any atom is -0.488 e. The molecular formula is C22H23ClN2O3. The molecule has 2 aliphatic heterocycles. The lowest BCUT2D eigenvalue weighted by atomic mass is 10.1. The summed E-state index contributed by atoms with van der Waals surface area (Å²) < 4.78 is 11.1. The Hall–Kier alpha value is -2.50. The van der Waals surface area contributed by atoms with Crippen molar-refractivity contribution in [1.82, 2.24) is 4.90 Å². The molecule has 146 valence electrons. The molecule has 2 aromatic rings. The van der Waals surface area contributed by atoms with E-state index in [0.29, 0.717) is 17.1 Å². The third-order valence-electron chi connectivity index (χ3n) is 5.04. The van der Waals surface area contributed by atoms with E-state index in [-0.39, 0.29) is 12.5 Å². The van der Waals surface area contributed by atoms with Crippen LogP contribution in [0.4, 0.5) is 5.69 Å². The van der Waals surface area contributed by atoms with Crippen molar-refractivity contribution in [3.8, 4) is 5.75 Å². The van der Waals surface area contributed by atoms with Gasteiger partial charge in [0.15, 0.2) is 0 Å². The number of fused-ring (bicyclic) bond motifs is 1. The monoisotopic (exact) mass is 398 g/mol. The summed E-state index contributed by atoms with van der Waals surface area (Å²) in [6.45, 7) is 4.18. The van der Waals surface area contributed by atoms with Crippen molar-refractivity contribution >= 4 is 29.3 Å². The first-order chi connectivity index (χ1) is 13.6. The molecule has 1 fully saturated rings. The fourth-order valence-corrected chi connectivity index (χ4v) is 3.68. The van der Waals surface area contributed by atoms with Gasteiger partial charge in [-0.3, -0.25) is 4.79 Å². The lowest BCUT2D eigenvalue weighted by molar-refractivity contribution is -0.126. The van der Waals surface area contributed by atoms with Crippen LogP contribution in [0.25, 0.3) is 6.08 Å². The molecule has 0 aromatic heterocycles. The highest BCUT2D eigenvalue weighted by Gasteiger charge is 2.21. The van der Waals surface area contributed by atoms with Gasteiger partial charge in [-0.2, -0.15) is 0 Å². The minimum atomic E-state index is -0.0390. The summed E-state index contributed by atoms with van der Waals surface area (Å²) in [7, 11) is 1.81. The van der Waals surface area contributed by atoms with Crippen molar-refractivity contribution in [2.24, 2.45) is 0 Å². The van der Waals surface area contributed by atoms with Crippen LogP contribution < -0.4 is 9.64 Å². The number of carbonyl (C=O) groups excluding carboxylic acids is 1. The third kappa shape index (κ3) is 4.16. The average molecular weight is 399 g/mol. The number of likely N-dealkylation sites (N-methyl/N-ethyl adjacent to an activating group) is 1. The molecule has 0 atom stereocenters. The molecule has 2 aliphatic rings. The van der Waals surface area contributed by atoms with Crippen LogP contribution in [0.1, 0.15) is 11.1 Å². The Morgan fingerprint density at radius 2 is 1.89 bits per heavy atom. The van der Waals surface area contributed by atoms with E-state index in [2.05, 4.69) is 29.2 Å². The van der Waals surface area contributed by atoms with Crippen LogP contribution in [0.3, 0.4) is 0 Å². The molecular weight excluding hydrogens is 376 g/mol. The number of carbonyl (C=O) groups is 1. The highest BCUT2D eigenvalue weighted by atomic mass is 35.5. The maximum atomic E-state index is 12.8. The molecule has 0 spiro atoms. The zero-order valence-corrected chi connectivity index (χ0v) is 16.6. The van der Waals surface area contributed by atoms with Crippen LogP contribution in [-0.4, -0.2) is 50.8 Å². The Bertz CT molecular complexity index is 889. The molecule has 0 unspecified atom stereocenters. The molecule has 1 saturated heterocycles. The molecule has 1 amide bonds. The highest BCUT2D eigenvalue weighted by molar-refractivity contribution is 6.30. The largest absolute Gasteiger partial charge is 0.488 e. The van der Waals surface area contributed by atoms with Crippen LogP contribution in [0.2, 0.25) is 5.02 Å². The molecule has 0 bridgehead atoms. The Kier molecular flexibility index (Phi) is 5.55. The van der Waals surface area contributed by atoms with E-state index in [1.54, 1.807) is 11.0 Å². The molecule has 2 heterocycles. The van der Waals surface area contributed by atoms with Gasteiger partial charge >= 0.3 is 0 Å². The molecule has 2 aromatic carbocycles. The Labute approximate surface area is 170 Å². The van der Waals surface area contributed by atoms with Crippen LogP contribution in [0, 0.1) is 0 Å². The quantitative estimate of drug-likeness (QED) is 0.789. The minimum absolute atomic E-state index is 0.0390. The number of hydrogen-bond acceptors (Lipinski definition) is 4. The van der Waals surface area contributed by atoms with Crippen molar-refractivity contribution in [3.63, 3.8) is 0 Å². The number of benzene rings is 2. The van der Waals surface area contributed by atoms with Gasteiger partial charge < -0.3 is 19.3 Å². The van der Waals surface area contributed by atoms with Crippen LogP contribution >= 0.6 is 11.6 Å². The Morgan fingerprint density at radius 3 is 2.64 bits per heavy atom.